The molecule has 0 unspecified atom stereocenters. The number of thiazole rings is 1. The molecule has 2 rings (SSSR count). The topological polar surface area (TPSA) is 22.1 Å². The van der Waals surface area contributed by atoms with Crippen molar-refractivity contribution < 1.29 is 4.74 Å². The number of alkyl halides is 1. The van der Waals surface area contributed by atoms with E-state index >= 15 is 0 Å². The van der Waals surface area contributed by atoms with E-state index in [-0.39, 0.29) is 0 Å². The Morgan fingerprint density at radius 2 is 2.36 bits per heavy atom. The van der Waals surface area contributed by atoms with Crippen LogP contribution in [0.15, 0.2) is 0 Å². The van der Waals surface area contributed by atoms with Crippen LogP contribution in [0.5, 0.6) is 0 Å². The fourth-order valence-corrected chi connectivity index (χ4v) is 3.10. The zero-order valence-electron chi connectivity index (χ0n) is 8.25. The maximum absolute atomic E-state index is 5.06. The fraction of sp³-hybridized carbons (Fsp3) is 0.700. The van der Waals surface area contributed by atoms with Gasteiger partial charge in [0, 0.05) is 29.7 Å². The first-order valence-corrected chi connectivity index (χ1v) is 6.82. The van der Waals surface area contributed by atoms with Crippen LogP contribution in [0.25, 0.3) is 0 Å². The number of hydrogen-bond donors (Lipinski definition) is 0. The van der Waals surface area contributed by atoms with Crippen LogP contribution >= 0.6 is 27.3 Å². The second-order valence-electron chi connectivity index (χ2n) is 3.57. The lowest BCUT2D eigenvalue weighted by molar-refractivity contribution is 0.202. The summed E-state index contributed by atoms with van der Waals surface area (Å²) in [7, 11) is 1.74. The van der Waals surface area contributed by atoms with E-state index < -0.39 is 0 Å². The normalized spacial score (nSPS) is 16.1. The molecule has 0 spiro atoms. The van der Waals surface area contributed by atoms with Gasteiger partial charge in [-0.25, -0.2) is 4.98 Å². The highest BCUT2D eigenvalue weighted by atomic mass is 79.9. The molecular weight excluding hydrogens is 262 g/mol. The Hall–Kier alpha value is 0.0700. The van der Waals surface area contributed by atoms with Crippen LogP contribution in [0.1, 0.15) is 34.3 Å². The number of ether oxygens (including phenoxy) is 1. The van der Waals surface area contributed by atoms with Gasteiger partial charge in [0.2, 0.25) is 0 Å². The first-order chi connectivity index (χ1) is 6.85. The number of halogens is 1. The SMILES string of the molecule is COCCc1nc(C2CC2)c(CBr)s1. The van der Waals surface area contributed by atoms with Gasteiger partial charge in [0.15, 0.2) is 0 Å². The molecule has 2 nitrogen and oxygen atoms in total. The summed E-state index contributed by atoms with van der Waals surface area (Å²) in [6.07, 6.45) is 3.61. The molecule has 0 radical (unpaired) electrons. The van der Waals surface area contributed by atoms with Crippen molar-refractivity contribution in [1.82, 2.24) is 4.98 Å². The molecule has 0 aromatic carbocycles. The van der Waals surface area contributed by atoms with Crippen molar-refractivity contribution in [2.24, 2.45) is 0 Å². The third-order valence-electron chi connectivity index (χ3n) is 2.38. The van der Waals surface area contributed by atoms with E-state index in [1.807, 2.05) is 11.3 Å². The number of rotatable bonds is 5. The minimum atomic E-state index is 0.759. The Bertz CT molecular complexity index is 309. The summed E-state index contributed by atoms with van der Waals surface area (Å²) < 4.78 is 5.06. The predicted molar refractivity (Wildman–Crippen MR) is 62.3 cm³/mol. The van der Waals surface area contributed by atoms with Crippen molar-refractivity contribution in [3.05, 3.63) is 15.6 Å². The van der Waals surface area contributed by atoms with Gasteiger partial charge >= 0.3 is 0 Å². The lowest BCUT2D eigenvalue weighted by Gasteiger charge is -1.93. The Labute approximate surface area is 96.8 Å². The molecule has 0 amide bonds. The van der Waals surface area contributed by atoms with Gasteiger partial charge in [0.1, 0.15) is 0 Å². The highest BCUT2D eigenvalue weighted by molar-refractivity contribution is 9.08. The maximum Gasteiger partial charge on any atom is 0.0954 e. The van der Waals surface area contributed by atoms with Gasteiger partial charge in [0.25, 0.3) is 0 Å². The lowest BCUT2D eigenvalue weighted by Crippen LogP contribution is -1.93. The minimum Gasteiger partial charge on any atom is -0.384 e. The molecule has 1 aromatic rings. The summed E-state index contributed by atoms with van der Waals surface area (Å²) in [6, 6.07) is 0. The first-order valence-electron chi connectivity index (χ1n) is 4.88. The standard InChI is InChI=1S/C10H14BrNOS/c1-13-5-4-9-12-10(7-2-3-7)8(6-11)14-9/h7H,2-6H2,1H3. The molecule has 0 aliphatic heterocycles. The van der Waals surface area contributed by atoms with Crippen molar-refractivity contribution in [3.8, 4) is 0 Å². The van der Waals surface area contributed by atoms with E-state index in [0.717, 1.165) is 24.3 Å². The van der Waals surface area contributed by atoms with Crippen molar-refractivity contribution in [3.63, 3.8) is 0 Å². The van der Waals surface area contributed by atoms with Crippen LogP contribution in [-0.2, 0) is 16.5 Å². The first kappa shape index (κ1) is 10.6. The van der Waals surface area contributed by atoms with Crippen LogP contribution in [0, 0.1) is 0 Å². The van der Waals surface area contributed by atoms with Crippen LogP contribution in [0.4, 0.5) is 0 Å². The highest BCUT2D eigenvalue weighted by Gasteiger charge is 2.29. The van der Waals surface area contributed by atoms with E-state index in [1.54, 1.807) is 7.11 Å². The van der Waals surface area contributed by atoms with Crippen molar-refractivity contribution >= 4 is 27.3 Å². The average Bonchev–Trinajstić information content (AvgIpc) is 2.96. The quantitative estimate of drug-likeness (QED) is 0.771. The van der Waals surface area contributed by atoms with Crippen molar-refractivity contribution in [2.75, 3.05) is 13.7 Å². The Balaban J connectivity index is 2.09. The van der Waals surface area contributed by atoms with Gasteiger partial charge in [-0.15, -0.1) is 11.3 Å². The van der Waals surface area contributed by atoms with E-state index in [0.29, 0.717) is 0 Å². The maximum atomic E-state index is 5.06. The summed E-state index contributed by atoms with van der Waals surface area (Å²) in [4.78, 5) is 6.10. The Morgan fingerprint density at radius 1 is 1.57 bits per heavy atom. The van der Waals surface area contributed by atoms with Gasteiger partial charge in [0.05, 0.1) is 17.3 Å². The van der Waals surface area contributed by atoms with Crippen LogP contribution in [-0.4, -0.2) is 18.7 Å². The third kappa shape index (κ3) is 2.35. The van der Waals surface area contributed by atoms with Gasteiger partial charge in [-0.1, -0.05) is 15.9 Å². The molecular formula is C10H14BrNOS. The van der Waals surface area contributed by atoms with E-state index in [1.165, 1.54) is 28.4 Å². The van der Waals surface area contributed by atoms with Crippen molar-refractivity contribution in [2.45, 2.75) is 30.5 Å². The smallest absolute Gasteiger partial charge is 0.0954 e. The molecule has 14 heavy (non-hydrogen) atoms. The molecule has 0 saturated heterocycles. The number of nitrogens with zero attached hydrogens (tertiary/aromatic N) is 1. The third-order valence-corrected chi connectivity index (χ3v) is 4.44. The second-order valence-corrected chi connectivity index (χ2v) is 5.30. The summed E-state index contributed by atoms with van der Waals surface area (Å²) in [5, 5.41) is 2.17. The van der Waals surface area contributed by atoms with Gasteiger partial charge in [-0.3, -0.25) is 0 Å². The largest absolute Gasteiger partial charge is 0.384 e. The van der Waals surface area contributed by atoms with E-state index in [2.05, 4.69) is 20.9 Å². The fourth-order valence-electron chi connectivity index (χ4n) is 1.48. The summed E-state index contributed by atoms with van der Waals surface area (Å²) in [5.41, 5.74) is 1.35. The minimum absolute atomic E-state index is 0.759. The molecule has 0 N–H and O–H groups in total. The molecule has 1 aromatic heterocycles. The second kappa shape index (κ2) is 4.73. The molecule has 4 heteroatoms. The monoisotopic (exact) mass is 275 g/mol. The molecule has 1 heterocycles. The molecule has 0 atom stereocenters. The molecule has 1 saturated carbocycles. The lowest BCUT2D eigenvalue weighted by atomic mass is 10.3. The number of methoxy groups -OCH3 is 1. The number of hydrogen-bond acceptors (Lipinski definition) is 3. The average molecular weight is 276 g/mol. The van der Waals surface area contributed by atoms with Crippen LogP contribution in [0.3, 0.4) is 0 Å². The molecule has 1 aliphatic carbocycles. The highest BCUT2D eigenvalue weighted by Crippen LogP contribution is 2.43. The molecule has 1 fully saturated rings. The van der Waals surface area contributed by atoms with E-state index in [9.17, 15) is 0 Å². The molecule has 1 aliphatic rings. The summed E-state index contributed by atoms with van der Waals surface area (Å²) in [5.74, 6) is 0.759. The summed E-state index contributed by atoms with van der Waals surface area (Å²) in [6.45, 7) is 0.777. The van der Waals surface area contributed by atoms with E-state index in [4.69, 9.17) is 4.74 Å². The molecule has 78 valence electrons. The predicted octanol–water partition coefficient (Wildman–Crippen LogP) is 3.10. The van der Waals surface area contributed by atoms with Gasteiger partial charge in [-0.2, -0.15) is 0 Å². The van der Waals surface area contributed by atoms with Crippen LogP contribution < -0.4 is 0 Å². The Kier molecular flexibility index (Phi) is 3.57. The number of aromatic nitrogens is 1. The Morgan fingerprint density at radius 3 is 2.93 bits per heavy atom. The van der Waals surface area contributed by atoms with Crippen molar-refractivity contribution in [1.29, 1.82) is 0 Å². The van der Waals surface area contributed by atoms with Crippen LogP contribution in [0.2, 0.25) is 0 Å². The molecule has 0 bridgehead atoms. The zero-order valence-corrected chi connectivity index (χ0v) is 10.7. The van der Waals surface area contributed by atoms with Gasteiger partial charge < -0.3 is 4.74 Å². The van der Waals surface area contributed by atoms with Gasteiger partial charge in [-0.05, 0) is 12.8 Å². The summed E-state index contributed by atoms with van der Waals surface area (Å²) >= 11 is 5.35. The zero-order chi connectivity index (χ0) is 9.97.